The summed E-state index contributed by atoms with van der Waals surface area (Å²) in [5.41, 5.74) is 0.376. The Bertz CT molecular complexity index is 594. The molecular formula is C12H10N2O3. The second-order valence-corrected chi connectivity index (χ2v) is 3.70. The smallest absolute Gasteiger partial charge is 0.251 e. The molecule has 2 heterocycles. The van der Waals surface area contributed by atoms with E-state index in [0.717, 1.165) is 0 Å². The topological polar surface area (TPSA) is 64.2 Å². The summed E-state index contributed by atoms with van der Waals surface area (Å²) >= 11 is 0. The number of nitrogens with one attached hydrogen (secondary N) is 1. The van der Waals surface area contributed by atoms with Crippen molar-refractivity contribution >= 4 is 0 Å². The molecule has 2 aromatic rings. The molecule has 0 fully saturated rings. The van der Waals surface area contributed by atoms with Crippen molar-refractivity contribution in [3.63, 3.8) is 0 Å². The molecule has 1 aliphatic heterocycles. The Hall–Kier alpha value is -2.30. The zero-order valence-electron chi connectivity index (χ0n) is 8.92. The molecule has 0 amide bonds. The average molecular weight is 230 g/mol. The summed E-state index contributed by atoms with van der Waals surface area (Å²) in [5.74, 6) is 1.39. The number of nitrogens with zero attached hydrogens (tertiary/aromatic N) is 1. The van der Waals surface area contributed by atoms with E-state index in [9.17, 15) is 4.79 Å². The Labute approximate surface area is 97.0 Å². The second-order valence-electron chi connectivity index (χ2n) is 3.70. The van der Waals surface area contributed by atoms with Crippen LogP contribution < -0.4 is 15.0 Å². The van der Waals surface area contributed by atoms with Crippen LogP contribution in [0, 0.1) is 0 Å². The van der Waals surface area contributed by atoms with Crippen LogP contribution in [0.25, 0.3) is 0 Å². The van der Waals surface area contributed by atoms with Crippen molar-refractivity contribution in [1.82, 2.24) is 9.97 Å². The molecule has 5 heteroatoms. The highest BCUT2D eigenvalue weighted by Crippen LogP contribution is 2.34. The van der Waals surface area contributed by atoms with Crippen molar-refractivity contribution in [3.8, 4) is 11.5 Å². The number of aromatic amines is 1. The van der Waals surface area contributed by atoms with Crippen molar-refractivity contribution in [2.45, 2.75) is 6.10 Å². The minimum absolute atomic E-state index is 0.197. The summed E-state index contributed by atoms with van der Waals surface area (Å²) in [4.78, 5) is 17.7. The summed E-state index contributed by atoms with van der Waals surface area (Å²) in [6, 6.07) is 8.84. The maximum atomic E-state index is 11.2. The van der Waals surface area contributed by atoms with Gasteiger partial charge in [0, 0.05) is 6.07 Å². The fourth-order valence-electron chi connectivity index (χ4n) is 1.73. The van der Waals surface area contributed by atoms with Gasteiger partial charge in [-0.3, -0.25) is 4.79 Å². The average Bonchev–Trinajstić information content (AvgIpc) is 2.38. The van der Waals surface area contributed by atoms with Gasteiger partial charge in [-0.2, -0.15) is 0 Å². The maximum Gasteiger partial charge on any atom is 0.251 e. The molecule has 5 nitrogen and oxygen atoms in total. The van der Waals surface area contributed by atoms with Crippen molar-refractivity contribution < 1.29 is 9.47 Å². The number of benzene rings is 1. The van der Waals surface area contributed by atoms with E-state index < -0.39 is 0 Å². The molecule has 0 saturated carbocycles. The molecule has 0 unspecified atom stereocenters. The molecule has 0 spiro atoms. The number of H-pyrrole nitrogens is 1. The molecule has 0 aliphatic carbocycles. The number of rotatable bonds is 1. The number of ether oxygens (including phenoxy) is 2. The van der Waals surface area contributed by atoms with Gasteiger partial charge >= 0.3 is 0 Å². The first-order chi connectivity index (χ1) is 8.33. The maximum absolute atomic E-state index is 11.2. The van der Waals surface area contributed by atoms with Gasteiger partial charge < -0.3 is 14.5 Å². The molecule has 1 atom stereocenters. The van der Waals surface area contributed by atoms with Crippen molar-refractivity contribution in [3.05, 3.63) is 52.7 Å². The summed E-state index contributed by atoms with van der Waals surface area (Å²) in [6.07, 6.45) is 1.02. The van der Waals surface area contributed by atoms with Crippen LogP contribution >= 0.6 is 0 Å². The lowest BCUT2D eigenvalue weighted by molar-refractivity contribution is 0.0881. The summed E-state index contributed by atoms with van der Waals surface area (Å²) < 4.78 is 11.3. The van der Waals surface area contributed by atoms with Gasteiger partial charge in [0.2, 0.25) is 0 Å². The highest BCUT2D eigenvalue weighted by atomic mass is 16.6. The highest BCUT2D eigenvalue weighted by molar-refractivity contribution is 5.41. The Morgan fingerprint density at radius 3 is 2.94 bits per heavy atom. The van der Waals surface area contributed by atoms with E-state index in [1.807, 2.05) is 24.3 Å². The van der Waals surface area contributed by atoms with E-state index >= 15 is 0 Å². The first-order valence-corrected chi connectivity index (χ1v) is 5.26. The molecule has 3 rings (SSSR count). The van der Waals surface area contributed by atoms with E-state index in [1.54, 1.807) is 0 Å². The Kier molecular flexibility index (Phi) is 2.29. The van der Waals surface area contributed by atoms with Gasteiger partial charge in [-0.05, 0) is 12.1 Å². The molecule has 86 valence electrons. The molecule has 1 aromatic carbocycles. The van der Waals surface area contributed by atoms with Crippen LogP contribution in [0.1, 0.15) is 11.8 Å². The lowest BCUT2D eigenvalue weighted by Crippen LogP contribution is -2.24. The standard InChI is InChI=1S/C12H10N2O3/c15-12-5-8(13-7-14-12)11-6-16-9-3-1-2-4-10(9)17-11/h1-5,7,11H,6H2,(H,13,14,15)/t11-/m1/s1. The van der Waals surface area contributed by atoms with Crippen LogP contribution in [-0.2, 0) is 0 Å². The van der Waals surface area contributed by atoms with Gasteiger partial charge in [0.25, 0.3) is 5.56 Å². The number of aromatic nitrogens is 2. The van der Waals surface area contributed by atoms with Crippen LogP contribution in [0.4, 0.5) is 0 Å². The van der Waals surface area contributed by atoms with E-state index in [2.05, 4.69) is 9.97 Å². The minimum atomic E-state index is -0.341. The Morgan fingerprint density at radius 1 is 1.29 bits per heavy atom. The quantitative estimate of drug-likeness (QED) is 0.801. The summed E-state index contributed by atoms with van der Waals surface area (Å²) in [5, 5.41) is 0. The van der Waals surface area contributed by atoms with Crippen LogP contribution in [0.3, 0.4) is 0 Å². The zero-order chi connectivity index (χ0) is 11.7. The number of hydrogen-bond donors (Lipinski definition) is 1. The first-order valence-electron chi connectivity index (χ1n) is 5.26. The van der Waals surface area contributed by atoms with Crippen molar-refractivity contribution in [2.24, 2.45) is 0 Å². The second kappa shape index (κ2) is 3.93. The van der Waals surface area contributed by atoms with E-state index in [0.29, 0.717) is 23.8 Å². The molecule has 0 saturated heterocycles. The third kappa shape index (κ3) is 1.87. The van der Waals surface area contributed by atoms with Crippen molar-refractivity contribution in [2.75, 3.05) is 6.61 Å². The van der Waals surface area contributed by atoms with E-state index in [1.165, 1.54) is 12.4 Å². The van der Waals surface area contributed by atoms with Gasteiger partial charge in [0.1, 0.15) is 6.61 Å². The van der Waals surface area contributed by atoms with Crippen molar-refractivity contribution in [1.29, 1.82) is 0 Å². The minimum Gasteiger partial charge on any atom is -0.485 e. The summed E-state index contributed by atoms with van der Waals surface area (Å²) in [6.45, 7) is 0.355. The molecule has 1 N–H and O–H groups in total. The number of hydrogen-bond acceptors (Lipinski definition) is 4. The SMILES string of the molecule is O=c1cc([C@H]2COc3ccccc3O2)nc[nH]1. The molecule has 0 bridgehead atoms. The van der Waals surface area contributed by atoms with E-state index in [4.69, 9.17) is 9.47 Å². The van der Waals surface area contributed by atoms with Gasteiger partial charge in [-0.15, -0.1) is 0 Å². The first kappa shape index (κ1) is 9.89. The molecule has 1 aromatic heterocycles. The third-order valence-corrected chi connectivity index (χ3v) is 2.54. The van der Waals surface area contributed by atoms with Crippen LogP contribution in [-0.4, -0.2) is 16.6 Å². The van der Waals surface area contributed by atoms with Crippen LogP contribution in [0.5, 0.6) is 11.5 Å². The van der Waals surface area contributed by atoms with E-state index in [-0.39, 0.29) is 11.7 Å². The molecular weight excluding hydrogens is 220 g/mol. The predicted molar refractivity (Wildman–Crippen MR) is 60.2 cm³/mol. The predicted octanol–water partition coefficient (Wildman–Crippen LogP) is 1.28. The molecule has 0 radical (unpaired) electrons. The third-order valence-electron chi connectivity index (χ3n) is 2.54. The van der Waals surface area contributed by atoms with Crippen LogP contribution in [0.15, 0.2) is 41.5 Å². The lowest BCUT2D eigenvalue weighted by Gasteiger charge is -2.25. The lowest BCUT2D eigenvalue weighted by atomic mass is 10.2. The van der Waals surface area contributed by atoms with Crippen LogP contribution in [0.2, 0.25) is 0 Å². The highest BCUT2D eigenvalue weighted by Gasteiger charge is 2.23. The Balaban J connectivity index is 1.92. The summed E-state index contributed by atoms with van der Waals surface area (Å²) in [7, 11) is 0. The number of para-hydroxylation sites is 2. The molecule has 1 aliphatic rings. The largest absolute Gasteiger partial charge is 0.485 e. The fourth-order valence-corrected chi connectivity index (χ4v) is 1.73. The Morgan fingerprint density at radius 2 is 2.12 bits per heavy atom. The van der Waals surface area contributed by atoms with Gasteiger partial charge in [-0.25, -0.2) is 4.98 Å². The van der Waals surface area contributed by atoms with Gasteiger partial charge in [-0.1, -0.05) is 12.1 Å². The molecule has 17 heavy (non-hydrogen) atoms. The van der Waals surface area contributed by atoms with Gasteiger partial charge in [0.15, 0.2) is 17.6 Å². The zero-order valence-corrected chi connectivity index (χ0v) is 8.92. The monoisotopic (exact) mass is 230 g/mol. The van der Waals surface area contributed by atoms with Gasteiger partial charge in [0.05, 0.1) is 12.0 Å². The number of fused-ring (bicyclic) bond motifs is 1. The fraction of sp³-hybridized carbons (Fsp3) is 0.167. The normalized spacial score (nSPS) is 17.8.